The monoisotopic (exact) mass is 332 g/mol. The van der Waals surface area contributed by atoms with Crippen molar-refractivity contribution in [1.29, 1.82) is 0 Å². The van der Waals surface area contributed by atoms with Crippen LogP contribution in [0.5, 0.6) is 5.75 Å². The number of carboxylic acid groups (broad SMARTS) is 1. The third-order valence-electron chi connectivity index (χ3n) is 5.20. The van der Waals surface area contributed by atoms with Crippen LogP contribution in [-0.4, -0.2) is 54.3 Å². The number of ether oxygens (including phenoxy) is 1. The maximum atomic E-state index is 10.8. The van der Waals surface area contributed by atoms with Crippen molar-refractivity contribution in [2.45, 2.75) is 51.1 Å². The summed E-state index contributed by atoms with van der Waals surface area (Å²) in [5.41, 5.74) is 2.74. The summed E-state index contributed by atoms with van der Waals surface area (Å²) in [4.78, 5) is 12.9. The van der Waals surface area contributed by atoms with Crippen LogP contribution in [-0.2, 0) is 17.6 Å². The van der Waals surface area contributed by atoms with Gasteiger partial charge in [-0.3, -0.25) is 9.69 Å². The van der Waals surface area contributed by atoms with Gasteiger partial charge in [0.05, 0.1) is 13.2 Å². The molecule has 1 aliphatic carbocycles. The highest BCUT2D eigenvalue weighted by molar-refractivity contribution is 5.69. The fourth-order valence-electron chi connectivity index (χ4n) is 3.72. The zero-order valence-corrected chi connectivity index (χ0v) is 14.5. The number of nitrogens with one attached hydrogen (secondary N) is 1. The summed E-state index contributed by atoms with van der Waals surface area (Å²) in [6.07, 6.45) is 5.40. The number of rotatable bonds is 9. The molecule has 24 heavy (non-hydrogen) atoms. The van der Waals surface area contributed by atoms with E-state index >= 15 is 0 Å². The van der Waals surface area contributed by atoms with Crippen LogP contribution in [0.1, 0.15) is 37.3 Å². The van der Waals surface area contributed by atoms with E-state index in [9.17, 15) is 4.79 Å². The fourth-order valence-corrected chi connectivity index (χ4v) is 3.72. The van der Waals surface area contributed by atoms with Crippen LogP contribution in [0.3, 0.4) is 0 Å². The first kappa shape index (κ1) is 17.2. The molecule has 1 aromatic carbocycles. The summed E-state index contributed by atoms with van der Waals surface area (Å²) in [6.45, 7) is 4.85. The summed E-state index contributed by atoms with van der Waals surface area (Å²) in [5, 5.41) is 12.5. The zero-order valence-electron chi connectivity index (χ0n) is 14.5. The van der Waals surface area contributed by atoms with Gasteiger partial charge in [0, 0.05) is 18.5 Å². The Kier molecular flexibility index (Phi) is 5.74. The third kappa shape index (κ3) is 4.28. The largest absolute Gasteiger partial charge is 0.493 e. The quantitative estimate of drug-likeness (QED) is 0.678. The smallest absolute Gasteiger partial charge is 0.317 e. The predicted molar refractivity (Wildman–Crippen MR) is 93.7 cm³/mol. The van der Waals surface area contributed by atoms with Crippen LogP contribution in [0.2, 0.25) is 0 Å². The lowest BCUT2D eigenvalue weighted by atomic mass is 9.85. The Balaban J connectivity index is 1.31. The molecule has 5 nitrogen and oxygen atoms in total. The highest BCUT2D eigenvalue weighted by Gasteiger charge is 2.33. The van der Waals surface area contributed by atoms with Crippen molar-refractivity contribution in [2.75, 3.05) is 26.2 Å². The van der Waals surface area contributed by atoms with Crippen LogP contribution in [0.25, 0.3) is 0 Å². The Morgan fingerprint density at radius 3 is 3.00 bits per heavy atom. The van der Waals surface area contributed by atoms with Crippen molar-refractivity contribution in [3.05, 3.63) is 29.3 Å². The molecule has 3 rings (SSSR count). The van der Waals surface area contributed by atoms with E-state index in [0.29, 0.717) is 12.1 Å². The van der Waals surface area contributed by atoms with Crippen molar-refractivity contribution in [3.63, 3.8) is 0 Å². The molecule has 0 amide bonds. The summed E-state index contributed by atoms with van der Waals surface area (Å²) in [5.74, 6) is 0.326. The number of fused-ring (bicyclic) bond motifs is 1. The van der Waals surface area contributed by atoms with E-state index in [1.807, 2.05) is 6.92 Å². The van der Waals surface area contributed by atoms with E-state index in [2.05, 4.69) is 28.4 Å². The maximum absolute atomic E-state index is 10.8. The first-order chi connectivity index (χ1) is 11.7. The van der Waals surface area contributed by atoms with Gasteiger partial charge in [-0.05, 0) is 56.0 Å². The number of aryl methyl sites for hydroxylation is 1. The molecule has 1 saturated carbocycles. The third-order valence-corrected chi connectivity index (χ3v) is 5.20. The molecule has 0 bridgehead atoms. The second-order valence-electron chi connectivity index (χ2n) is 6.88. The number of carbonyl (C=O) groups is 1. The number of carboxylic acids is 1. The standard InChI is InChI=1S/C19H28N2O3/c1-2-21(13-19(22)23)17-11-16(12-17)20-8-3-4-14-5-6-18-15(10-14)7-9-24-18/h5-6,10,16-17,20H,2-4,7-9,11-13H2,1H3,(H,22,23). The summed E-state index contributed by atoms with van der Waals surface area (Å²) >= 11 is 0. The van der Waals surface area contributed by atoms with E-state index in [0.717, 1.165) is 57.6 Å². The average Bonchev–Trinajstić information content (AvgIpc) is 2.98. The SMILES string of the molecule is CCN(CC(=O)O)C1CC(NCCCc2ccc3c(c2)CCO3)C1. The summed E-state index contributed by atoms with van der Waals surface area (Å²) in [7, 11) is 0. The summed E-state index contributed by atoms with van der Waals surface area (Å²) < 4.78 is 5.54. The lowest BCUT2D eigenvalue weighted by molar-refractivity contribution is -0.139. The Morgan fingerprint density at radius 2 is 2.25 bits per heavy atom. The summed E-state index contributed by atoms with van der Waals surface area (Å²) in [6, 6.07) is 7.54. The predicted octanol–water partition coefficient (Wildman–Crippen LogP) is 2.08. The minimum Gasteiger partial charge on any atom is -0.493 e. The molecule has 0 saturated heterocycles. The lowest BCUT2D eigenvalue weighted by Gasteiger charge is -2.42. The number of nitrogens with zero attached hydrogens (tertiary/aromatic N) is 1. The molecular weight excluding hydrogens is 304 g/mol. The Hall–Kier alpha value is -1.59. The van der Waals surface area contributed by atoms with Gasteiger partial charge < -0.3 is 15.2 Å². The number of likely N-dealkylation sites (N-methyl/N-ethyl adjacent to an activating group) is 1. The Morgan fingerprint density at radius 1 is 1.42 bits per heavy atom. The second-order valence-corrected chi connectivity index (χ2v) is 6.88. The molecule has 0 unspecified atom stereocenters. The van der Waals surface area contributed by atoms with Gasteiger partial charge in [0.15, 0.2) is 0 Å². The number of aliphatic carboxylic acids is 1. The highest BCUT2D eigenvalue weighted by atomic mass is 16.5. The van der Waals surface area contributed by atoms with E-state index in [4.69, 9.17) is 9.84 Å². The normalized spacial score (nSPS) is 22.1. The molecule has 1 aromatic rings. The first-order valence-electron chi connectivity index (χ1n) is 9.09. The van der Waals surface area contributed by atoms with Crippen LogP contribution >= 0.6 is 0 Å². The lowest BCUT2D eigenvalue weighted by Crippen LogP contribution is -2.53. The molecule has 5 heteroatoms. The molecule has 2 N–H and O–H groups in total. The van der Waals surface area contributed by atoms with Crippen molar-refractivity contribution in [1.82, 2.24) is 10.2 Å². The van der Waals surface area contributed by atoms with Gasteiger partial charge >= 0.3 is 5.97 Å². The highest BCUT2D eigenvalue weighted by Crippen LogP contribution is 2.27. The maximum Gasteiger partial charge on any atom is 0.317 e. The molecule has 1 aliphatic heterocycles. The van der Waals surface area contributed by atoms with Crippen molar-refractivity contribution >= 4 is 5.97 Å². The molecule has 0 aromatic heterocycles. The van der Waals surface area contributed by atoms with Crippen LogP contribution in [0, 0.1) is 0 Å². The molecule has 0 radical (unpaired) electrons. The second kappa shape index (κ2) is 7.99. The van der Waals surface area contributed by atoms with E-state index in [1.165, 1.54) is 11.1 Å². The molecule has 1 heterocycles. The number of hydrogen-bond acceptors (Lipinski definition) is 4. The van der Waals surface area contributed by atoms with Crippen molar-refractivity contribution < 1.29 is 14.6 Å². The minimum absolute atomic E-state index is 0.163. The Labute approximate surface area is 144 Å². The van der Waals surface area contributed by atoms with Gasteiger partial charge in [0.25, 0.3) is 0 Å². The number of hydrogen-bond donors (Lipinski definition) is 2. The van der Waals surface area contributed by atoms with Crippen LogP contribution in [0.4, 0.5) is 0 Å². The van der Waals surface area contributed by atoms with Gasteiger partial charge in [-0.25, -0.2) is 0 Å². The molecule has 132 valence electrons. The Bertz CT molecular complexity index is 570. The van der Waals surface area contributed by atoms with E-state index in [-0.39, 0.29) is 6.54 Å². The molecular formula is C19H28N2O3. The fraction of sp³-hybridized carbons (Fsp3) is 0.632. The van der Waals surface area contributed by atoms with E-state index < -0.39 is 5.97 Å². The average molecular weight is 332 g/mol. The van der Waals surface area contributed by atoms with Gasteiger partial charge in [0.1, 0.15) is 5.75 Å². The van der Waals surface area contributed by atoms with Crippen LogP contribution < -0.4 is 10.1 Å². The van der Waals surface area contributed by atoms with Crippen LogP contribution in [0.15, 0.2) is 18.2 Å². The molecule has 1 fully saturated rings. The van der Waals surface area contributed by atoms with Gasteiger partial charge in [0.2, 0.25) is 0 Å². The topological polar surface area (TPSA) is 61.8 Å². The minimum atomic E-state index is -0.729. The molecule has 2 aliphatic rings. The van der Waals surface area contributed by atoms with Crippen molar-refractivity contribution in [2.24, 2.45) is 0 Å². The van der Waals surface area contributed by atoms with Gasteiger partial charge in [-0.2, -0.15) is 0 Å². The van der Waals surface area contributed by atoms with Gasteiger partial charge in [-0.15, -0.1) is 0 Å². The van der Waals surface area contributed by atoms with Gasteiger partial charge in [-0.1, -0.05) is 19.1 Å². The number of benzene rings is 1. The van der Waals surface area contributed by atoms with Crippen molar-refractivity contribution in [3.8, 4) is 5.75 Å². The molecule has 0 atom stereocenters. The molecule has 0 spiro atoms. The van der Waals surface area contributed by atoms with E-state index in [1.54, 1.807) is 0 Å². The first-order valence-corrected chi connectivity index (χ1v) is 9.09. The zero-order chi connectivity index (χ0) is 16.9.